The van der Waals surface area contributed by atoms with E-state index >= 15 is 0 Å². The highest BCUT2D eigenvalue weighted by Crippen LogP contribution is 2.19. The summed E-state index contributed by atoms with van der Waals surface area (Å²) < 4.78 is 5.51. The van der Waals surface area contributed by atoms with Crippen molar-refractivity contribution in [2.24, 2.45) is 0 Å². The van der Waals surface area contributed by atoms with Crippen molar-refractivity contribution in [3.8, 4) is 5.75 Å². The normalized spacial score (nSPS) is 10.1. The molecular formula is C14H16N4O3. The number of hydrogen-bond acceptors (Lipinski definition) is 6. The van der Waals surface area contributed by atoms with E-state index in [4.69, 9.17) is 10.5 Å². The summed E-state index contributed by atoms with van der Waals surface area (Å²) in [6, 6.07) is 8.54. The fourth-order valence-electron chi connectivity index (χ4n) is 1.76. The Labute approximate surface area is 121 Å². The van der Waals surface area contributed by atoms with Gasteiger partial charge >= 0.3 is 0 Å². The van der Waals surface area contributed by atoms with E-state index in [2.05, 4.69) is 10.3 Å². The molecule has 0 aliphatic rings. The van der Waals surface area contributed by atoms with Crippen molar-refractivity contribution in [1.29, 1.82) is 0 Å². The summed E-state index contributed by atoms with van der Waals surface area (Å²) in [4.78, 5) is 14.5. The minimum Gasteiger partial charge on any atom is -0.492 e. The van der Waals surface area contributed by atoms with Crippen molar-refractivity contribution in [2.45, 2.75) is 6.92 Å². The van der Waals surface area contributed by atoms with Crippen molar-refractivity contribution in [3.63, 3.8) is 0 Å². The Kier molecular flexibility index (Phi) is 4.55. The van der Waals surface area contributed by atoms with Gasteiger partial charge in [0.15, 0.2) is 0 Å². The zero-order valence-electron chi connectivity index (χ0n) is 11.6. The first-order valence-electron chi connectivity index (χ1n) is 6.39. The third-order valence-electron chi connectivity index (χ3n) is 2.81. The van der Waals surface area contributed by atoms with Crippen LogP contribution in [0.2, 0.25) is 0 Å². The molecule has 2 rings (SSSR count). The van der Waals surface area contributed by atoms with Crippen LogP contribution in [-0.2, 0) is 0 Å². The highest BCUT2D eigenvalue weighted by Gasteiger charge is 2.11. The van der Waals surface area contributed by atoms with Gasteiger partial charge in [0.25, 0.3) is 5.69 Å². The molecule has 1 heterocycles. The maximum Gasteiger partial charge on any atom is 0.277 e. The Morgan fingerprint density at radius 1 is 1.43 bits per heavy atom. The Balaban J connectivity index is 1.86. The molecule has 0 amide bonds. The summed E-state index contributed by atoms with van der Waals surface area (Å²) in [5.74, 6) is 1.13. The van der Waals surface area contributed by atoms with Crippen LogP contribution in [-0.4, -0.2) is 23.1 Å². The fourth-order valence-corrected chi connectivity index (χ4v) is 1.76. The Hall–Kier alpha value is -2.83. The number of rotatable bonds is 6. The monoisotopic (exact) mass is 288 g/mol. The average molecular weight is 288 g/mol. The zero-order chi connectivity index (χ0) is 15.2. The first kappa shape index (κ1) is 14.6. The van der Waals surface area contributed by atoms with Crippen LogP contribution >= 0.6 is 0 Å². The molecular weight excluding hydrogens is 272 g/mol. The molecule has 0 saturated carbocycles. The van der Waals surface area contributed by atoms with E-state index in [0.717, 1.165) is 0 Å². The molecule has 0 unspecified atom stereocenters. The van der Waals surface area contributed by atoms with Gasteiger partial charge < -0.3 is 15.8 Å². The van der Waals surface area contributed by atoms with Crippen molar-refractivity contribution >= 4 is 17.2 Å². The van der Waals surface area contributed by atoms with E-state index in [1.54, 1.807) is 19.1 Å². The van der Waals surface area contributed by atoms with E-state index in [1.807, 2.05) is 12.1 Å². The van der Waals surface area contributed by atoms with Gasteiger partial charge in [0.05, 0.1) is 17.5 Å². The number of hydrogen-bond donors (Lipinski definition) is 2. The second-order valence-corrected chi connectivity index (χ2v) is 4.46. The molecule has 0 spiro atoms. The van der Waals surface area contributed by atoms with Crippen LogP contribution in [0.3, 0.4) is 0 Å². The molecule has 0 saturated heterocycles. The van der Waals surface area contributed by atoms with Crippen LogP contribution in [0.25, 0.3) is 0 Å². The molecule has 0 aliphatic carbocycles. The van der Waals surface area contributed by atoms with Crippen molar-refractivity contribution < 1.29 is 9.66 Å². The number of nitrogen functional groups attached to an aromatic ring is 1. The van der Waals surface area contributed by atoms with E-state index in [1.165, 1.54) is 12.3 Å². The number of nitrogens with one attached hydrogen (secondary N) is 1. The Morgan fingerprint density at radius 2 is 2.24 bits per heavy atom. The van der Waals surface area contributed by atoms with E-state index < -0.39 is 4.92 Å². The maximum atomic E-state index is 10.8. The number of aryl methyl sites for hydroxylation is 1. The quantitative estimate of drug-likeness (QED) is 0.366. The van der Waals surface area contributed by atoms with Crippen LogP contribution in [0, 0.1) is 17.0 Å². The summed E-state index contributed by atoms with van der Waals surface area (Å²) in [6.45, 7) is 2.52. The van der Waals surface area contributed by atoms with E-state index in [9.17, 15) is 10.1 Å². The van der Waals surface area contributed by atoms with Crippen LogP contribution < -0.4 is 15.8 Å². The zero-order valence-corrected chi connectivity index (χ0v) is 11.6. The second-order valence-electron chi connectivity index (χ2n) is 4.46. The van der Waals surface area contributed by atoms with Crippen molar-refractivity contribution in [3.05, 3.63) is 52.2 Å². The number of anilines is 2. The topological polar surface area (TPSA) is 103 Å². The van der Waals surface area contributed by atoms with Crippen LogP contribution in [0.1, 0.15) is 5.56 Å². The van der Waals surface area contributed by atoms with E-state index in [0.29, 0.717) is 36.0 Å². The van der Waals surface area contributed by atoms with Gasteiger partial charge in [0.1, 0.15) is 18.2 Å². The number of nitrogens with zero attached hydrogens (tertiary/aromatic N) is 2. The van der Waals surface area contributed by atoms with Crippen LogP contribution in [0.5, 0.6) is 5.75 Å². The maximum absolute atomic E-state index is 10.8. The molecule has 0 fully saturated rings. The van der Waals surface area contributed by atoms with Gasteiger partial charge in [-0.3, -0.25) is 10.1 Å². The third kappa shape index (κ3) is 4.07. The third-order valence-corrected chi connectivity index (χ3v) is 2.81. The fraction of sp³-hybridized carbons (Fsp3) is 0.214. The highest BCUT2D eigenvalue weighted by atomic mass is 16.6. The summed E-state index contributed by atoms with van der Waals surface area (Å²) in [5.41, 5.74) is 6.85. The van der Waals surface area contributed by atoms with Crippen molar-refractivity contribution in [2.75, 3.05) is 24.2 Å². The van der Waals surface area contributed by atoms with Crippen LogP contribution in [0.15, 0.2) is 36.5 Å². The molecule has 1 aromatic carbocycles. The van der Waals surface area contributed by atoms with Gasteiger partial charge in [-0.1, -0.05) is 6.07 Å². The SMILES string of the molecule is Cc1cnc(NCCOc2cccc(N)c2)cc1[N+](=O)[O-]. The summed E-state index contributed by atoms with van der Waals surface area (Å²) in [5, 5.41) is 13.8. The minimum absolute atomic E-state index is 0.0456. The number of nitro groups is 1. The summed E-state index contributed by atoms with van der Waals surface area (Å²) in [6.07, 6.45) is 1.47. The van der Waals surface area contributed by atoms with Gasteiger partial charge in [0.2, 0.25) is 0 Å². The molecule has 1 aromatic heterocycles. The molecule has 2 aromatic rings. The number of benzene rings is 1. The molecule has 7 heteroatoms. The summed E-state index contributed by atoms with van der Waals surface area (Å²) >= 11 is 0. The molecule has 0 radical (unpaired) electrons. The lowest BCUT2D eigenvalue weighted by molar-refractivity contribution is -0.385. The van der Waals surface area contributed by atoms with Gasteiger partial charge in [-0.2, -0.15) is 0 Å². The van der Waals surface area contributed by atoms with Gasteiger partial charge in [-0.05, 0) is 19.1 Å². The predicted molar refractivity (Wildman–Crippen MR) is 80.5 cm³/mol. The van der Waals surface area contributed by atoms with E-state index in [-0.39, 0.29) is 5.69 Å². The molecule has 3 N–H and O–H groups in total. The summed E-state index contributed by atoms with van der Waals surface area (Å²) in [7, 11) is 0. The molecule has 0 atom stereocenters. The van der Waals surface area contributed by atoms with Crippen LogP contribution in [0.4, 0.5) is 17.2 Å². The molecule has 110 valence electrons. The van der Waals surface area contributed by atoms with Gasteiger partial charge in [0, 0.05) is 23.5 Å². The smallest absolute Gasteiger partial charge is 0.277 e. The molecule has 0 bridgehead atoms. The largest absolute Gasteiger partial charge is 0.492 e. The van der Waals surface area contributed by atoms with Crippen molar-refractivity contribution in [1.82, 2.24) is 4.98 Å². The molecule has 21 heavy (non-hydrogen) atoms. The van der Waals surface area contributed by atoms with Gasteiger partial charge in [-0.25, -0.2) is 4.98 Å². The Bertz CT molecular complexity index is 646. The Morgan fingerprint density at radius 3 is 2.95 bits per heavy atom. The first-order chi connectivity index (χ1) is 10.1. The standard InChI is InChI=1S/C14H16N4O3/c1-10-9-17-14(8-13(10)18(19)20)16-5-6-21-12-4-2-3-11(15)7-12/h2-4,7-9H,5-6,15H2,1H3,(H,16,17). The lowest BCUT2D eigenvalue weighted by Crippen LogP contribution is -2.12. The highest BCUT2D eigenvalue weighted by molar-refractivity contribution is 5.49. The second kappa shape index (κ2) is 6.56. The number of aromatic nitrogens is 1. The lowest BCUT2D eigenvalue weighted by atomic mass is 10.2. The predicted octanol–water partition coefficient (Wildman–Crippen LogP) is 2.37. The number of nitrogens with two attached hydrogens (primary N) is 1. The lowest BCUT2D eigenvalue weighted by Gasteiger charge is -2.08. The molecule has 7 nitrogen and oxygen atoms in total. The minimum atomic E-state index is -0.425. The number of ether oxygens (including phenoxy) is 1. The first-order valence-corrected chi connectivity index (χ1v) is 6.39. The number of pyridine rings is 1. The molecule has 0 aliphatic heterocycles. The average Bonchev–Trinajstić information content (AvgIpc) is 2.45. The van der Waals surface area contributed by atoms with Gasteiger partial charge in [-0.15, -0.1) is 0 Å².